The van der Waals surface area contributed by atoms with E-state index in [1.54, 1.807) is 6.08 Å². The summed E-state index contributed by atoms with van der Waals surface area (Å²) in [6.07, 6.45) is 54.1. The monoisotopic (exact) mass is 730 g/mol. The summed E-state index contributed by atoms with van der Waals surface area (Å²) in [5, 5.41) is 33.1. The Bertz CT molecular complexity index is 850. The number of rotatable bonds is 40. The van der Waals surface area contributed by atoms with Crippen LogP contribution in [0.3, 0.4) is 0 Å². The lowest BCUT2D eigenvalue weighted by Crippen LogP contribution is -2.45. The molecule has 0 aliphatic carbocycles. The van der Waals surface area contributed by atoms with Crippen LogP contribution in [0.5, 0.6) is 0 Å². The molecule has 0 aromatic heterocycles. The number of nitrogens with one attached hydrogen (secondary N) is 1. The summed E-state index contributed by atoms with van der Waals surface area (Å²) in [7, 11) is 0. The summed E-state index contributed by atoms with van der Waals surface area (Å²) < 4.78 is 0. The fraction of sp³-hybridized carbons (Fsp3) is 0.809. The smallest absolute Gasteiger partial charge is 0.222 e. The zero-order chi connectivity index (χ0) is 38.0. The van der Waals surface area contributed by atoms with Gasteiger partial charge in [0.05, 0.1) is 31.3 Å². The molecule has 0 fully saturated rings. The Morgan fingerprint density at radius 3 is 1.29 bits per heavy atom. The van der Waals surface area contributed by atoms with Gasteiger partial charge in [-0.2, -0.15) is 0 Å². The van der Waals surface area contributed by atoms with Crippen molar-refractivity contribution in [1.82, 2.24) is 5.32 Å². The second kappa shape index (κ2) is 42.1. The Hall–Kier alpha value is -1.69. The van der Waals surface area contributed by atoms with Gasteiger partial charge in [0.25, 0.3) is 0 Å². The molecule has 0 heterocycles. The van der Waals surface area contributed by atoms with Crippen LogP contribution in [0.25, 0.3) is 0 Å². The molecule has 0 saturated carbocycles. The Morgan fingerprint density at radius 1 is 0.481 bits per heavy atom. The van der Waals surface area contributed by atoms with Crippen molar-refractivity contribution in [3.63, 3.8) is 0 Å². The van der Waals surface area contributed by atoms with Gasteiger partial charge in [-0.1, -0.05) is 197 Å². The van der Waals surface area contributed by atoms with Crippen molar-refractivity contribution in [3.05, 3.63) is 48.6 Å². The predicted molar refractivity (Wildman–Crippen MR) is 227 cm³/mol. The van der Waals surface area contributed by atoms with E-state index in [-0.39, 0.29) is 18.9 Å². The molecular weight excluding hydrogens is 643 g/mol. The molecule has 0 aliphatic heterocycles. The summed E-state index contributed by atoms with van der Waals surface area (Å²) in [5.74, 6) is -0.333. The van der Waals surface area contributed by atoms with Gasteiger partial charge in [-0.05, 0) is 64.2 Å². The van der Waals surface area contributed by atoms with E-state index in [1.807, 2.05) is 6.08 Å². The third-order valence-corrected chi connectivity index (χ3v) is 10.1. The first kappa shape index (κ1) is 50.3. The molecule has 304 valence electrons. The number of aliphatic hydroxyl groups excluding tert-OH is 3. The van der Waals surface area contributed by atoms with E-state index in [2.05, 4.69) is 55.6 Å². The van der Waals surface area contributed by atoms with Crippen molar-refractivity contribution < 1.29 is 20.1 Å². The minimum absolute atomic E-state index is 0.000110. The first-order valence-corrected chi connectivity index (χ1v) is 22.4. The number of carbonyl (C=O) groups is 1. The number of aliphatic hydroxyl groups is 3. The lowest BCUT2D eigenvalue weighted by molar-refractivity contribution is -0.124. The van der Waals surface area contributed by atoms with Gasteiger partial charge in [0.2, 0.25) is 5.91 Å². The van der Waals surface area contributed by atoms with Crippen LogP contribution in [0, 0.1) is 0 Å². The van der Waals surface area contributed by atoms with Gasteiger partial charge in [-0.25, -0.2) is 0 Å². The molecule has 0 aromatic rings. The molecule has 0 rings (SSSR count). The third kappa shape index (κ3) is 38.0. The lowest BCUT2D eigenvalue weighted by atomic mass is 10.0. The molecule has 3 atom stereocenters. The number of allylic oxidation sites excluding steroid dienone is 7. The summed E-state index contributed by atoms with van der Waals surface area (Å²) in [5.41, 5.74) is 0. The van der Waals surface area contributed by atoms with E-state index >= 15 is 0 Å². The summed E-state index contributed by atoms with van der Waals surface area (Å²) in [4.78, 5) is 12.4. The predicted octanol–water partition coefficient (Wildman–Crippen LogP) is 12.9. The van der Waals surface area contributed by atoms with Gasteiger partial charge in [-0.15, -0.1) is 0 Å². The molecule has 0 saturated heterocycles. The summed E-state index contributed by atoms with van der Waals surface area (Å²) in [6, 6.07) is -0.767. The molecule has 5 heteroatoms. The van der Waals surface area contributed by atoms with Gasteiger partial charge < -0.3 is 20.6 Å². The molecule has 0 radical (unpaired) electrons. The van der Waals surface area contributed by atoms with E-state index in [9.17, 15) is 20.1 Å². The molecule has 3 unspecified atom stereocenters. The van der Waals surface area contributed by atoms with Crippen molar-refractivity contribution in [3.8, 4) is 0 Å². The maximum Gasteiger partial charge on any atom is 0.222 e. The van der Waals surface area contributed by atoms with Crippen LogP contribution in [0.1, 0.15) is 219 Å². The Kier molecular flexibility index (Phi) is 40.7. The largest absolute Gasteiger partial charge is 0.394 e. The Morgan fingerprint density at radius 2 is 0.846 bits per heavy atom. The summed E-state index contributed by atoms with van der Waals surface area (Å²) >= 11 is 0. The minimum Gasteiger partial charge on any atom is -0.394 e. The second-order valence-electron chi connectivity index (χ2n) is 15.3. The normalized spacial score (nSPS) is 14.0. The Labute approximate surface area is 323 Å². The molecule has 0 aliphatic rings. The topological polar surface area (TPSA) is 89.8 Å². The molecule has 1 amide bonds. The average molecular weight is 730 g/mol. The van der Waals surface area contributed by atoms with Crippen LogP contribution in [0.2, 0.25) is 0 Å². The van der Waals surface area contributed by atoms with Gasteiger partial charge in [-0.3, -0.25) is 4.79 Å². The molecule has 52 heavy (non-hydrogen) atoms. The number of amides is 1. The second-order valence-corrected chi connectivity index (χ2v) is 15.3. The van der Waals surface area contributed by atoms with Crippen LogP contribution in [0.15, 0.2) is 48.6 Å². The van der Waals surface area contributed by atoms with Gasteiger partial charge >= 0.3 is 0 Å². The first-order chi connectivity index (χ1) is 25.5. The maximum atomic E-state index is 12.4. The van der Waals surface area contributed by atoms with E-state index in [0.717, 1.165) is 38.5 Å². The van der Waals surface area contributed by atoms with Gasteiger partial charge in [0.1, 0.15) is 0 Å². The number of hydrogen-bond acceptors (Lipinski definition) is 4. The summed E-state index contributed by atoms with van der Waals surface area (Å²) in [6.45, 7) is 4.15. The lowest BCUT2D eigenvalue weighted by Gasteiger charge is -2.21. The number of carbonyl (C=O) groups excluding carboxylic acids is 1. The average Bonchev–Trinajstić information content (AvgIpc) is 3.14. The van der Waals surface area contributed by atoms with Crippen molar-refractivity contribution in [2.45, 2.75) is 238 Å². The standard InChI is InChI=1S/C47H87NO4/c1-3-5-7-9-11-13-15-17-18-19-20-21-22-23-24-25-26-27-28-29-30-32-34-36-38-40-44(50)42-47(52)48-45(43-49)46(51)41-39-37-35-33-31-16-14-12-10-8-6-4-2/h10,12,23-24,31,33,39,41,44-46,49-51H,3-9,11,13-22,25-30,32,34-38,40,42-43H2,1-2H3,(H,48,52)/b12-10+,24-23-,33-31+,41-39+. The van der Waals surface area contributed by atoms with Crippen molar-refractivity contribution >= 4 is 5.91 Å². The van der Waals surface area contributed by atoms with E-state index in [1.165, 1.54) is 154 Å². The minimum atomic E-state index is -0.959. The molecule has 0 aromatic carbocycles. The Balaban J connectivity index is 3.63. The highest BCUT2D eigenvalue weighted by molar-refractivity contribution is 5.76. The van der Waals surface area contributed by atoms with Crippen molar-refractivity contribution in [2.24, 2.45) is 0 Å². The maximum absolute atomic E-state index is 12.4. The van der Waals surface area contributed by atoms with Crippen molar-refractivity contribution in [1.29, 1.82) is 0 Å². The quantitative estimate of drug-likeness (QED) is 0.0373. The zero-order valence-corrected chi connectivity index (χ0v) is 34.4. The molecular formula is C47H87NO4. The first-order valence-electron chi connectivity index (χ1n) is 22.4. The van der Waals surface area contributed by atoms with Gasteiger partial charge in [0.15, 0.2) is 0 Å². The van der Waals surface area contributed by atoms with E-state index < -0.39 is 18.2 Å². The molecule has 0 spiro atoms. The number of unbranched alkanes of at least 4 members (excludes halogenated alkanes) is 25. The number of hydrogen-bond donors (Lipinski definition) is 4. The highest BCUT2D eigenvalue weighted by Gasteiger charge is 2.20. The van der Waals surface area contributed by atoms with Gasteiger partial charge in [0, 0.05) is 0 Å². The third-order valence-electron chi connectivity index (χ3n) is 10.1. The fourth-order valence-corrected chi connectivity index (χ4v) is 6.59. The zero-order valence-electron chi connectivity index (χ0n) is 34.4. The highest BCUT2D eigenvalue weighted by Crippen LogP contribution is 2.15. The highest BCUT2D eigenvalue weighted by atomic mass is 16.3. The molecule has 0 bridgehead atoms. The van der Waals surface area contributed by atoms with Crippen LogP contribution in [-0.4, -0.2) is 46.1 Å². The fourth-order valence-electron chi connectivity index (χ4n) is 6.59. The SMILES string of the molecule is CCCC/C=C/CC/C=C/CC/C=C/C(O)C(CO)NC(=O)CC(O)CCCCCCCCCCC/C=C\CCCCCCCCCCCCCC. The van der Waals surface area contributed by atoms with Crippen LogP contribution < -0.4 is 5.32 Å². The van der Waals surface area contributed by atoms with Crippen LogP contribution in [0.4, 0.5) is 0 Å². The molecule has 4 N–H and O–H groups in total. The van der Waals surface area contributed by atoms with E-state index in [4.69, 9.17) is 0 Å². The van der Waals surface area contributed by atoms with Crippen molar-refractivity contribution in [2.75, 3.05) is 6.61 Å². The van der Waals surface area contributed by atoms with Crippen LogP contribution >= 0.6 is 0 Å². The van der Waals surface area contributed by atoms with Crippen LogP contribution in [-0.2, 0) is 4.79 Å². The molecule has 5 nitrogen and oxygen atoms in total. The van der Waals surface area contributed by atoms with E-state index in [0.29, 0.717) is 6.42 Å².